The molecule has 0 aromatic rings. The molecule has 0 saturated carbocycles. The Bertz CT molecular complexity index is 916. The number of quaternary nitrogens is 1. The molecule has 0 heterocycles. The monoisotopic (exact) mass is 1090 g/mol. The summed E-state index contributed by atoms with van der Waals surface area (Å²) in [4.78, 5) is 0. The molecule has 0 bridgehead atoms. The van der Waals surface area contributed by atoms with Crippen LogP contribution < -0.4 is 45.1 Å². The second-order valence-corrected chi connectivity index (χ2v) is 17.1. The first-order valence-electron chi connectivity index (χ1n) is 7.52. The fourth-order valence-electron chi connectivity index (χ4n) is 0.671. The van der Waals surface area contributed by atoms with Gasteiger partial charge in [-0.2, -0.15) is 0 Å². The van der Waals surface area contributed by atoms with E-state index >= 15 is 0 Å². The van der Waals surface area contributed by atoms with Crippen LogP contribution in [0.3, 0.4) is 0 Å². The third-order valence-electron chi connectivity index (χ3n) is 2.29. The molecule has 0 aliphatic rings. The fourth-order valence-corrected chi connectivity index (χ4v) is 0.671. The van der Waals surface area contributed by atoms with Gasteiger partial charge in [-0.3, -0.25) is 0 Å². The van der Waals surface area contributed by atoms with Crippen molar-refractivity contribution in [3.8, 4) is 0 Å². The first-order chi connectivity index (χ1) is 15.7. The predicted octanol–water partition coefficient (Wildman–Crippen LogP) is -14.2. The Balaban J connectivity index is -0.0000000596. The molecule has 0 N–H and O–H groups in total. The van der Waals surface area contributed by atoms with Gasteiger partial charge in [0.1, 0.15) is 0 Å². The molecule has 0 radical (unpaired) electrons. The number of hydrogen-bond acceptors (Lipinski definition) is 24. The summed E-state index contributed by atoms with van der Waals surface area (Å²) in [5, 5.41) is 0. The zero-order chi connectivity index (χ0) is 33.6. The molecule has 242 valence electrons. The summed E-state index contributed by atoms with van der Waals surface area (Å²) in [6.45, 7) is 10.5. The van der Waals surface area contributed by atoms with Crippen LogP contribution in [0.1, 0.15) is 20.8 Å². The van der Waals surface area contributed by atoms with Crippen LogP contribution >= 0.6 is 0 Å². The Morgan fingerprint density at radius 1 is 0.342 bits per heavy atom. The second kappa shape index (κ2) is 24.8. The number of hydrogen-bond donors (Lipinski definition) is 0. The predicted molar refractivity (Wildman–Crippen MR) is 46.0 cm³/mol. The third kappa shape index (κ3) is 468. The zero-order valence-electron chi connectivity index (χ0n) is 18.8. The van der Waals surface area contributed by atoms with Crippen molar-refractivity contribution in [1.82, 2.24) is 0 Å². The summed E-state index contributed by atoms with van der Waals surface area (Å²) in [6, 6.07) is 0. The molecular formula is C7H18Mo6NO24-11. The molecule has 0 aliphatic heterocycles. The van der Waals surface area contributed by atoms with E-state index in [9.17, 15) is 0 Å². The molecule has 0 aromatic carbocycles. The number of rotatable bonds is 3. The van der Waals surface area contributed by atoms with Crippen LogP contribution in [-0.4, -0.2) is 31.2 Å². The summed E-state index contributed by atoms with van der Waals surface area (Å²) in [7, 11) is 2.29. The molecule has 0 aromatic heterocycles. The van der Waals surface area contributed by atoms with Gasteiger partial charge in [-0.05, 0) is 20.8 Å². The number of nitrogens with zero attached hydrogens (tertiary/aromatic N) is 1. The summed E-state index contributed by atoms with van der Waals surface area (Å²) < 4.78 is 208. The van der Waals surface area contributed by atoms with Crippen molar-refractivity contribution in [2.24, 2.45) is 0 Å². The minimum atomic E-state index is -6.02. The molecule has 0 saturated heterocycles. The van der Waals surface area contributed by atoms with Gasteiger partial charge in [0.25, 0.3) is 0 Å². The summed E-state index contributed by atoms with van der Waals surface area (Å²) in [6.07, 6.45) is 0. The summed E-state index contributed by atoms with van der Waals surface area (Å²) in [5.74, 6) is 0. The minimum absolute atomic E-state index is 1.21. The van der Waals surface area contributed by atoms with Crippen LogP contribution in [0, 0.1) is 0 Å². The molecular weight excluding hydrogens is 1060 g/mol. The standard InChI is InChI=1S/C7H18N.6Mo.24O/c1-5-8(4,6-2)7-3;;;;;;;;;;;;;;;;;;;;;;;;;;;;;;/h5-7H2,1-4H3;;;;;;;;;;;;;;;;;;;;;;;;;;;;;;/q+1;;;;;;;;;;;;;;;;;;;12*-1. The van der Waals surface area contributed by atoms with Crippen LogP contribution in [0.25, 0.3) is 0 Å². The molecule has 38 heavy (non-hydrogen) atoms. The first-order valence-corrected chi connectivity index (χ1v) is 27.2. The topological polar surface area (TPSA) is 482 Å². The van der Waals surface area contributed by atoms with Crippen LogP contribution in [0.4, 0.5) is 0 Å². The van der Waals surface area contributed by atoms with E-state index in [1.165, 1.54) is 24.1 Å². The Kier molecular flexibility index (Phi) is 36.0. The van der Waals surface area contributed by atoms with Crippen LogP contribution in [-0.2, 0) is 141 Å². The van der Waals surface area contributed by atoms with E-state index < -0.39 is 100 Å². The van der Waals surface area contributed by atoms with E-state index in [-0.39, 0.29) is 0 Å². The van der Waals surface area contributed by atoms with E-state index in [1.54, 1.807) is 0 Å². The molecule has 0 rings (SSSR count). The maximum absolute atomic E-state index is 8.63. The van der Waals surface area contributed by atoms with Crippen molar-refractivity contribution >= 4 is 0 Å². The van der Waals surface area contributed by atoms with E-state index in [0.29, 0.717) is 0 Å². The second-order valence-electron chi connectivity index (χ2n) is 5.02. The van der Waals surface area contributed by atoms with Crippen molar-refractivity contribution in [3.05, 3.63) is 0 Å². The average molecular weight is 1080 g/mol. The Labute approximate surface area is 235 Å². The van der Waals surface area contributed by atoms with Crippen molar-refractivity contribution in [2.75, 3.05) is 26.7 Å². The molecule has 0 spiro atoms. The average Bonchev–Trinajstić information content (AvgIpc) is 2.44. The molecule has 0 unspecified atom stereocenters. The van der Waals surface area contributed by atoms with Gasteiger partial charge in [-0.15, -0.1) is 0 Å². The fraction of sp³-hybridized carbons (Fsp3) is 1.00. The van der Waals surface area contributed by atoms with Crippen molar-refractivity contribution in [2.45, 2.75) is 20.8 Å². The Hall–Kier alpha value is 1.21. The molecule has 0 atom stereocenters. The van der Waals surface area contributed by atoms with E-state index in [4.69, 9.17) is 85.9 Å². The molecule has 25 nitrogen and oxygen atoms in total. The quantitative estimate of drug-likeness (QED) is 0.187. The Morgan fingerprint density at radius 3 is 0.395 bits per heavy atom. The van der Waals surface area contributed by atoms with Crippen molar-refractivity contribution in [1.29, 1.82) is 0 Å². The third-order valence-corrected chi connectivity index (χ3v) is 2.29. The Morgan fingerprint density at radius 2 is 0.395 bits per heavy atom. The van der Waals surface area contributed by atoms with Crippen LogP contribution in [0.15, 0.2) is 0 Å². The molecule has 0 fully saturated rings. The molecule has 31 heteroatoms. The first kappa shape index (κ1) is 55.2. The summed E-state index contributed by atoms with van der Waals surface area (Å²) in [5.41, 5.74) is 0. The molecule has 0 amide bonds. The van der Waals surface area contributed by atoms with Crippen LogP contribution in [0.5, 0.6) is 0 Å². The van der Waals surface area contributed by atoms with Gasteiger partial charge in [0, 0.05) is 0 Å². The normalized spacial score (nSPS) is 11.7. The van der Waals surface area contributed by atoms with Gasteiger partial charge in [-0.1, -0.05) is 0 Å². The van der Waals surface area contributed by atoms with Gasteiger partial charge in [0.15, 0.2) is 0 Å². The van der Waals surface area contributed by atoms with E-state index in [1.807, 2.05) is 0 Å². The van der Waals surface area contributed by atoms with E-state index in [0.717, 1.165) is 0 Å². The SMILES string of the molecule is CC[N+](C)(CC)CC.[O]=[Mo](=[O])([O-])[O-].[O]=[Mo](=[O])([O-])[O-].[O]=[Mo](=[O])([O-])[O-].[O]=[Mo](=[O])([O-])[O-].[O]=[Mo](=[O])([O-])[O-].[O]=[Mo](=[O])([O-])[O-]. The van der Waals surface area contributed by atoms with Gasteiger partial charge in [0.05, 0.1) is 26.7 Å². The van der Waals surface area contributed by atoms with Crippen molar-refractivity contribution < 1.29 is 191 Å². The van der Waals surface area contributed by atoms with Gasteiger partial charge < -0.3 is 4.48 Å². The van der Waals surface area contributed by atoms with Gasteiger partial charge in [-0.25, -0.2) is 0 Å². The summed E-state index contributed by atoms with van der Waals surface area (Å²) >= 11 is -36.1. The molecule has 0 aliphatic carbocycles. The van der Waals surface area contributed by atoms with Crippen molar-refractivity contribution in [3.63, 3.8) is 0 Å². The maximum atomic E-state index is 8.63. The zero-order valence-corrected chi connectivity index (χ0v) is 30.9. The van der Waals surface area contributed by atoms with Gasteiger partial charge in [0.2, 0.25) is 0 Å². The van der Waals surface area contributed by atoms with Crippen LogP contribution in [0.2, 0.25) is 0 Å². The van der Waals surface area contributed by atoms with E-state index in [2.05, 4.69) is 27.8 Å². The van der Waals surface area contributed by atoms with Gasteiger partial charge >= 0.3 is 186 Å².